The zero-order valence-corrected chi connectivity index (χ0v) is 28.2. The highest BCUT2D eigenvalue weighted by Gasteiger charge is 2.35. The Labute approximate surface area is 278 Å². The van der Waals surface area contributed by atoms with Crippen molar-refractivity contribution in [3.63, 3.8) is 0 Å². The fraction of sp³-hybridized carbons (Fsp3) is 0.297. The van der Waals surface area contributed by atoms with E-state index in [-0.39, 0.29) is 35.2 Å². The standard InChI is InChI=1S/C37H43N3O6S/c1-5-6-24-38-37(42)34(25-29-12-8-7-9-13-29)39(26-30-18-16-28(2)17-19-30)36(41)27-40(33-14-10-11-15-35(33)46-4)47(43,44)32-22-20-31(45-3)21-23-32/h7-23,34H,5-6,24-27H2,1-4H3,(H,38,42)/t34-/m1/s1. The van der Waals surface area contributed by atoms with E-state index in [1.54, 1.807) is 36.4 Å². The zero-order valence-electron chi connectivity index (χ0n) is 27.4. The lowest BCUT2D eigenvalue weighted by Crippen LogP contribution is -2.53. The third kappa shape index (κ3) is 9.13. The second kappa shape index (κ2) is 16.6. The van der Waals surface area contributed by atoms with Crippen molar-refractivity contribution in [3.05, 3.63) is 120 Å². The fourth-order valence-electron chi connectivity index (χ4n) is 5.17. The van der Waals surface area contributed by atoms with E-state index >= 15 is 0 Å². The van der Waals surface area contributed by atoms with Gasteiger partial charge in [0, 0.05) is 19.5 Å². The van der Waals surface area contributed by atoms with Crippen LogP contribution in [0.15, 0.2) is 108 Å². The van der Waals surface area contributed by atoms with Crippen molar-refractivity contribution >= 4 is 27.5 Å². The van der Waals surface area contributed by atoms with Gasteiger partial charge in [-0.1, -0.05) is 85.6 Å². The van der Waals surface area contributed by atoms with Gasteiger partial charge in [-0.3, -0.25) is 13.9 Å². The molecule has 0 aliphatic heterocycles. The molecule has 9 nitrogen and oxygen atoms in total. The number of aryl methyl sites for hydroxylation is 1. The summed E-state index contributed by atoms with van der Waals surface area (Å²) < 4.78 is 40.4. The number of amides is 2. The number of hydrogen-bond donors (Lipinski definition) is 1. The molecule has 47 heavy (non-hydrogen) atoms. The Balaban J connectivity index is 1.81. The van der Waals surface area contributed by atoms with Crippen molar-refractivity contribution in [3.8, 4) is 11.5 Å². The Morgan fingerprint density at radius 3 is 2.11 bits per heavy atom. The van der Waals surface area contributed by atoms with Gasteiger partial charge in [-0.2, -0.15) is 0 Å². The van der Waals surface area contributed by atoms with Crippen LogP contribution in [0, 0.1) is 6.92 Å². The van der Waals surface area contributed by atoms with E-state index in [0.717, 1.165) is 33.8 Å². The smallest absolute Gasteiger partial charge is 0.264 e. The molecular weight excluding hydrogens is 614 g/mol. The van der Waals surface area contributed by atoms with Gasteiger partial charge in [0.1, 0.15) is 24.1 Å². The number of carbonyl (C=O) groups is 2. The Morgan fingerprint density at radius 2 is 1.47 bits per heavy atom. The lowest BCUT2D eigenvalue weighted by Gasteiger charge is -2.34. The summed E-state index contributed by atoms with van der Waals surface area (Å²) in [5, 5.41) is 3.01. The summed E-state index contributed by atoms with van der Waals surface area (Å²) in [4.78, 5) is 30.0. The number of nitrogens with one attached hydrogen (secondary N) is 1. The predicted octanol–water partition coefficient (Wildman–Crippen LogP) is 5.76. The van der Waals surface area contributed by atoms with Gasteiger partial charge in [0.25, 0.3) is 10.0 Å². The van der Waals surface area contributed by atoms with Gasteiger partial charge in [-0.15, -0.1) is 0 Å². The van der Waals surface area contributed by atoms with Crippen molar-refractivity contribution in [2.75, 3.05) is 31.6 Å². The maximum absolute atomic E-state index is 14.6. The third-order valence-corrected chi connectivity index (χ3v) is 9.63. The normalized spacial score (nSPS) is 11.7. The van der Waals surface area contributed by atoms with Crippen molar-refractivity contribution in [1.82, 2.24) is 10.2 Å². The van der Waals surface area contributed by atoms with Gasteiger partial charge in [0.15, 0.2) is 0 Å². The van der Waals surface area contributed by atoms with Gasteiger partial charge in [0.05, 0.1) is 24.8 Å². The first-order valence-corrected chi connectivity index (χ1v) is 17.1. The largest absolute Gasteiger partial charge is 0.497 e. The molecule has 0 fully saturated rings. The maximum Gasteiger partial charge on any atom is 0.264 e. The second-order valence-electron chi connectivity index (χ2n) is 11.2. The van der Waals surface area contributed by atoms with E-state index in [1.165, 1.54) is 31.3 Å². The Kier molecular flexibility index (Phi) is 12.4. The van der Waals surface area contributed by atoms with E-state index in [1.807, 2.05) is 68.4 Å². The fourth-order valence-corrected chi connectivity index (χ4v) is 6.60. The number of carbonyl (C=O) groups excluding carboxylic acids is 2. The van der Waals surface area contributed by atoms with Crippen molar-refractivity contribution in [2.24, 2.45) is 0 Å². The van der Waals surface area contributed by atoms with E-state index in [0.29, 0.717) is 12.3 Å². The molecule has 2 amide bonds. The molecule has 1 atom stereocenters. The predicted molar refractivity (Wildman–Crippen MR) is 184 cm³/mol. The zero-order chi connectivity index (χ0) is 33.8. The van der Waals surface area contributed by atoms with Crippen molar-refractivity contribution < 1.29 is 27.5 Å². The highest BCUT2D eigenvalue weighted by atomic mass is 32.2. The van der Waals surface area contributed by atoms with E-state index in [2.05, 4.69) is 5.32 Å². The van der Waals surface area contributed by atoms with Gasteiger partial charge in [0.2, 0.25) is 11.8 Å². The molecule has 0 saturated heterocycles. The number of rotatable bonds is 16. The van der Waals surface area contributed by atoms with Gasteiger partial charge < -0.3 is 19.7 Å². The minimum absolute atomic E-state index is 0.0276. The molecule has 0 aliphatic rings. The number of unbranched alkanes of at least 4 members (excludes halogenated alkanes) is 1. The van der Waals surface area contributed by atoms with Crippen LogP contribution < -0.4 is 19.1 Å². The minimum atomic E-state index is -4.29. The molecule has 4 aromatic carbocycles. The number of hydrogen-bond acceptors (Lipinski definition) is 6. The number of nitrogens with zero attached hydrogens (tertiary/aromatic N) is 2. The quantitative estimate of drug-likeness (QED) is 0.154. The van der Waals surface area contributed by atoms with E-state index < -0.39 is 28.5 Å². The maximum atomic E-state index is 14.6. The summed E-state index contributed by atoms with van der Waals surface area (Å²) in [7, 11) is -1.35. The lowest BCUT2D eigenvalue weighted by molar-refractivity contribution is -0.140. The number of benzene rings is 4. The molecule has 0 aromatic heterocycles. The molecular formula is C37H43N3O6S. The Morgan fingerprint density at radius 1 is 0.809 bits per heavy atom. The van der Waals surface area contributed by atoms with Crippen LogP contribution >= 0.6 is 0 Å². The van der Waals surface area contributed by atoms with E-state index in [9.17, 15) is 18.0 Å². The number of ether oxygens (including phenoxy) is 2. The van der Waals surface area contributed by atoms with Gasteiger partial charge in [-0.25, -0.2) is 8.42 Å². The summed E-state index contributed by atoms with van der Waals surface area (Å²) in [6.45, 7) is 4.00. The topological polar surface area (TPSA) is 105 Å². The molecule has 0 aliphatic carbocycles. The van der Waals surface area contributed by atoms with E-state index in [4.69, 9.17) is 9.47 Å². The molecule has 0 spiro atoms. The first-order valence-electron chi connectivity index (χ1n) is 15.6. The summed E-state index contributed by atoms with van der Waals surface area (Å²) >= 11 is 0. The SMILES string of the molecule is CCCCNC(=O)[C@@H](Cc1ccccc1)N(Cc1ccc(C)cc1)C(=O)CN(c1ccccc1OC)S(=O)(=O)c1ccc(OC)cc1. The average molecular weight is 658 g/mol. The molecule has 0 heterocycles. The third-order valence-electron chi connectivity index (χ3n) is 7.85. The van der Waals surface area contributed by atoms with Crippen LogP contribution in [-0.4, -0.2) is 58.5 Å². The molecule has 0 unspecified atom stereocenters. The Hall–Kier alpha value is -4.83. The molecule has 10 heteroatoms. The molecule has 0 saturated carbocycles. The number of methoxy groups -OCH3 is 2. The first kappa shape index (κ1) is 35.0. The average Bonchev–Trinajstić information content (AvgIpc) is 3.09. The summed E-state index contributed by atoms with van der Waals surface area (Å²) in [6, 6.07) is 28.9. The molecule has 4 rings (SSSR count). The summed E-state index contributed by atoms with van der Waals surface area (Å²) in [5.41, 5.74) is 2.93. The van der Waals surface area contributed by atoms with Crippen molar-refractivity contribution in [1.29, 1.82) is 0 Å². The van der Waals surface area contributed by atoms with Gasteiger partial charge >= 0.3 is 0 Å². The Bertz CT molecular complexity index is 1710. The molecule has 4 aromatic rings. The molecule has 1 N–H and O–H groups in total. The van der Waals surface area contributed by atoms with Crippen LogP contribution in [0.25, 0.3) is 0 Å². The van der Waals surface area contributed by atoms with Crippen molar-refractivity contribution in [2.45, 2.75) is 50.6 Å². The highest BCUT2D eigenvalue weighted by molar-refractivity contribution is 7.92. The number of para-hydroxylation sites is 2. The highest BCUT2D eigenvalue weighted by Crippen LogP contribution is 2.33. The lowest BCUT2D eigenvalue weighted by atomic mass is 10.0. The minimum Gasteiger partial charge on any atom is -0.497 e. The monoisotopic (exact) mass is 657 g/mol. The molecule has 0 bridgehead atoms. The summed E-state index contributed by atoms with van der Waals surface area (Å²) in [5.74, 6) is -0.0728. The van der Waals surface area contributed by atoms with Crippen LogP contribution in [0.3, 0.4) is 0 Å². The molecule has 248 valence electrons. The van der Waals surface area contributed by atoms with Crippen LogP contribution in [-0.2, 0) is 32.6 Å². The second-order valence-corrected chi connectivity index (χ2v) is 13.1. The first-order chi connectivity index (χ1) is 22.7. The van der Waals surface area contributed by atoms with Crippen LogP contribution in [0.4, 0.5) is 5.69 Å². The van der Waals surface area contributed by atoms with Crippen LogP contribution in [0.2, 0.25) is 0 Å². The van der Waals surface area contributed by atoms with Gasteiger partial charge in [-0.05, 0) is 60.9 Å². The number of sulfonamides is 1. The molecule has 0 radical (unpaired) electrons. The number of anilines is 1. The van der Waals surface area contributed by atoms with Crippen LogP contribution in [0.1, 0.15) is 36.5 Å². The summed E-state index contributed by atoms with van der Waals surface area (Å²) in [6.07, 6.45) is 1.93. The van der Waals surface area contributed by atoms with Crippen LogP contribution in [0.5, 0.6) is 11.5 Å².